The summed E-state index contributed by atoms with van der Waals surface area (Å²) >= 11 is 0. The number of piperidine rings is 1. The first-order valence-corrected chi connectivity index (χ1v) is 10.6. The molecular formula is C22H37N5O. The molecule has 2 aliphatic heterocycles. The number of nitrogens with two attached hydrogens (primary N) is 1. The number of rotatable bonds is 7. The predicted octanol–water partition coefficient (Wildman–Crippen LogP) is 1.61. The van der Waals surface area contributed by atoms with E-state index in [1.165, 1.54) is 11.1 Å². The molecule has 2 saturated heterocycles. The molecule has 2 heterocycles. The van der Waals surface area contributed by atoms with Crippen LogP contribution in [0, 0.1) is 17.3 Å². The molecule has 28 heavy (non-hydrogen) atoms. The Kier molecular flexibility index (Phi) is 7.10. The minimum atomic E-state index is -0.160. The van der Waals surface area contributed by atoms with Crippen molar-refractivity contribution in [3.05, 3.63) is 35.4 Å². The van der Waals surface area contributed by atoms with Gasteiger partial charge >= 0.3 is 0 Å². The number of nitrogens with zero attached hydrogens (tertiary/aromatic N) is 1. The van der Waals surface area contributed by atoms with Crippen LogP contribution in [0.5, 0.6) is 0 Å². The van der Waals surface area contributed by atoms with Gasteiger partial charge in [-0.05, 0) is 35.9 Å². The summed E-state index contributed by atoms with van der Waals surface area (Å²) in [6.45, 7) is 12.5. The zero-order valence-electron chi connectivity index (χ0n) is 17.6. The molecule has 5 N–H and O–H groups in total. The summed E-state index contributed by atoms with van der Waals surface area (Å²) in [7, 11) is 0. The number of benzene rings is 1. The Hall–Kier alpha value is -1.47. The maximum Gasteiger partial charge on any atom is 0.221 e. The fourth-order valence-corrected chi connectivity index (χ4v) is 4.58. The maximum atomic E-state index is 11.5. The summed E-state index contributed by atoms with van der Waals surface area (Å²) in [6.07, 6.45) is 1.98. The molecule has 0 radical (unpaired) electrons. The van der Waals surface area contributed by atoms with Crippen LogP contribution in [0.25, 0.3) is 0 Å². The topological polar surface area (TPSA) is 82.4 Å². The zero-order chi connectivity index (χ0) is 20.1. The van der Waals surface area contributed by atoms with E-state index in [-0.39, 0.29) is 17.2 Å². The van der Waals surface area contributed by atoms with Crippen LogP contribution in [0.1, 0.15) is 44.7 Å². The highest BCUT2D eigenvalue weighted by Gasteiger charge is 2.35. The second-order valence-electron chi connectivity index (χ2n) is 9.56. The fraction of sp³-hybridized carbons (Fsp3) is 0.682. The van der Waals surface area contributed by atoms with Crippen molar-refractivity contribution in [2.45, 2.75) is 52.7 Å². The molecule has 2 fully saturated rings. The second-order valence-corrected chi connectivity index (χ2v) is 9.56. The SMILES string of the molecule is CC(C)(C)C1NNCC1CNCc1cccc(CN2CCCC(C(N)=O)C2)c1. The van der Waals surface area contributed by atoms with E-state index in [4.69, 9.17) is 5.73 Å². The highest BCUT2D eigenvalue weighted by Crippen LogP contribution is 2.27. The first kappa shape index (κ1) is 21.2. The largest absolute Gasteiger partial charge is 0.369 e. The van der Waals surface area contributed by atoms with Crippen LogP contribution in [-0.4, -0.2) is 43.0 Å². The molecule has 0 spiro atoms. The lowest BCUT2D eigenvalue weighted by molar-refractivity contribution is -0.123. The van der Waals surface area contributed by atoms with Crippen LogP contribution < -0.4 is 21.9 Å². The van der Waals surface area contributed by atoms with E-state index in [0.717, 1.165) is 52.1 Å². The average Bonchev–Trinajstić information content (AvgIpc) is 3.11. The summed E-state index contributed by atoms with van der Waals surface area (Å²) in [5, 5.41) is 3.64. The van der Waals surface area contributed by atoms with E-state index < -0.39 is 0 Å². The quantitative estimate of drug-likeness (QED) is 0.571. The van der Waals surface area contributed by atoms with E-state index >= 15 is 0 Å². The third kappa shape index (κ3) is 5.77. The van der Waals surface area contributed by atoms with E-state index in [2.05, 4.69) is 66.1 Å². The molecule has 0 aromatic heterocycles. The molecule has 1 aromatic carbocycles. The Morgan fingerprint density at radius 1 is 1.32 bits per heavy atom. The number of carbonyl (C=O) groups excluding carboxylic acids is 1. The van der Waals surface area contributed by atoms with Crippen molar-refractivity contribution in [2.75, 3.05) is 26.2 Å². The Morgan fingerprint density at radius 3 is 2.86 bits per heavy atom. The van der Waals surface area contributed by atoms with Crippen molar-refractivity contribution >= 4 is 5.91 Å². The van der Waals surface area contributed by atoms with Crippen LogP contribution in [0.15, 0.2) is 24.3 Å². The molecule has 2 aliphatic rings. The van der Waals surface area contributed by atoms with Crippen molar-refractivity contribution < 1.29 is 4.79 Å². The maximum absolute atomic E-state index is 11.5. The van der Waals surface area contributed by atoms with E-state index in [9.17, 15) is 4.79 Å². The Bertz CT molecular complexity index is 657. The first-order chi connectivity index (χ1) is 13.3. The lowest BCUT2D eigenvalue weighted by atomic mass is 9.80. The molecule has 6 nitrogen and oxygen atoms in total. The number of hydrogen-bond acceptors (Lipinski definition) is 5. The number of carbonyl (C=O) groups is 1. The molecular weight excluding hydrogens is 350 g/mol. The third-order valence-corrected chi connectivity index (χ3v) is 6.07. The number of hydrazine groups is 1. The van der Waals surface area contributed by atoms with Gasteiger partial charge in [0.25, 0.3) is 0 Å². The molecule has 3 rings (SSSR count). The van der Waals surface area contributed by atoms with Gasteiger partial charge in [0, 0.05) is 44.7 Å². The van der Waals surface area contributed by atoms with Gasteiger partial charge in [-0.1, -0.05) is 45.0 Å². The van der Waals surface area contributed by atoms with Crippen LogP contribution in [0.4, 0.5) is 0 Å². The lowest BCUT2D eigenvalue weighted by Gasteiger charge is -2.31. The van der Waals surface area contributed by atoms with Gasteiger partial charge in [0.1, 0.15) is 0 Å². The molecule has 3 atom stereocenters. The van der Waals surface area contributed by atoms with Gasteiger partial charge in [-0.25, -0.2) is 0 Å². The minimum Gasteiger partial charge on any atom is -0.369 e. The third-order valence-electron chi connectivity index (χ3n) is 6.07. The molecule has 0 saturated carbocycles. The van der Waals surface area contributed by atoms with Gasteiger partial charge in [0.15, 0.2) is 0 Å². The summed E-state index contributed by atoms with van der Waals surface area (Å²) in [5.74, 6) is 0.428. The number of hydrogen-bond donors (Lipinski definition) is 4. The van der Waals surface area contributed by atoms with Gasteiger partial charge in [0.2, 0.25) is 5.91 Å². The highest BCUT2D eigenvalue weighted by atomic mass is 16.1. The van der Waals surface area contributed by atoms with Gasteiger partial charge in [0.05, 0.1) is 5.92 Å². The lowest BCUT2D eigenvalue weighted by Crippen LogP contribution is -2.44. The molecule has 0 bridgehead atoms. The summed E-state index contributed by atoms with van der Waals surface area (Å²) in [5.41, 5.74) is 15.1. The summed E-state index contributed by atoms with van der Waals surface area (Å²) < 4.78 is 0. The van der Waals surface area contributed by atoms with Gasteiger partial charge in [-0.15, -0.1) is 0 Å². The summed E-state index contributed by atoms with van der Waals surface area (Å²) in [6, 6.07) is 9.26. The number of likely N-dealkylation sites (tertiary alicyclic amines) is 1. The normalized spacial score (nSPS) is 26.5. The summed E-state index contributed by atoms with van der Waals surface area (Å²) in [4.78, 5) is 13.9. The van der Waals surface area contributed by atoms with Gasteiger partial charge in [-0.3, -0.25) is 20.5 Å². The predicted molar refractivity (Wildman–Crippen MR) is 113 cm³/mol. The molecule has 6 heteroatoms. The van der Waals surface area contributed by atoms with E-state index in [1.807, 2.05) is 0 Å². The van der Waals surface area contributed by atoms with E-state index in [0.29, 0.717) is 12.0 Å². The molecule has 1 aromatic rings. The Balaban J connectivity index is 1.49. The number of nitrogens with one attached hydrogen (secondary N) is 3. The molecule has 0 aliphatic carbocycles. The van der Waals surface area contributed by atoms with Crippen LogP contribution in [0.3, 0.4) is 0 Å². The molecule has 156 valence electrons. The number of amides is 1. The smallest absolute Gasteiger partial charge is 0.221 e. The second kappa shape index (κ2) is 9.35. The van der Waals surface area contributed by atoms with Gasteiger partial charge in [-0.2, -0.15) is 0 Å². The Labute approximate surface area is 169 Å². The zero-order valence-corrected chi connectivity index (χ0v) is 17.6. The van der Waals surface area contributed by atoms with Crippen molar-refractivity contribution in [1.82, 2.24) is 21.1 Å². The standard InChI is InChI=1S/C22H37N5O/c1-22(2,3)20-19(13-25-26-20)12-24-11-16-6-4-7-17(10-16)14-27-9-5-8-18(15-27)21(23)28/h4,6-7,10,18-20,24-26H,5,8-9,11-15H2,1-3H3,(H2,23,28). The van der Waals surface area contributed by atoms with Crippen LogP contribution in [-0.2, 0) is 17.9 Å². The van der Waals surface area contributed by atoms with Crippen molar-refractivity contribution in [3.8, 4) is 0 Å². The van der Waals surface area contributed by atoms with Crippen molar-refractivity contribution in [3.63, 3.8) is 0 Å². The van der Waals surface area contributed by atoms with Crippen molar-refractivity contribution in [1.29, 1.82) is 0 Å². The van der Waals surface area contributed by atoms with Gasteiger partial charge < -0.3 is 11.1 Å². The van der Waals surface area contributed by atoms with Crippen LogP contribution >= 0.6 is 0 Å². The van der Waals surface area contributed by atoms with E-state index in [1.54, 1.807) is 0 Å². The number of primary amides is 1. The minimum absolute atomic E-state index is 0.00277. The van der Waals surface area contributed by atoms with Crippen LogP contribution in [0.2, 0.25) is 0 Å². The first-order valence-electron chi connectivity index (χ1n) is 10.6. The fourth-order valence-electron chi connectivity index (χ4n) is 4.58. The van der Waals surface area contributed by atoms with Crippen molar-refractivity contribution in [2.24, 2.45) is 23.0 Å². The average molecular weight is 388 g/mol. The molecule has 3 unspecified atom stereocenters. The monoisotopic (exact) mass is 387 g/mol. The highest BCUT2D eigenvalue weighted by molar-refractivity contribution is 5.76. The molecule has 1 amide bonds. The Morgan fingerprint density at radius 2 is 2.11 bits per heavy atom.